The maximum atomic E-state index is 12.7. The Kier molecular flexibility index (Phi) is 9.03. The summed E-state index contributed by atoms with van der Waals surface area (Å²) in [4.78, 5) is 46.6. The van der Waals surface area contributed by atoms with E-state index >= 15 is 0 Å². The Bertz CT molecular complexity index is 705. The van der Waals surface area contributed by atoms with Crippen LogP contribution in [0.2, 0.25) is 0 Å². The molecule has 0 unspecified atom stereocenters. The van der Waals surface area contributed by atoms with Crippen LogP contribution >= 0.6 is 0 Å². The van der Waals surface area contributed by atoms with Crippen molar-refractivity contribution in [3.8, 4) is 0 Å². The van der Waals surface area contributed by atoms with Crippen molar-refractivity contribution in [3.63, 3.8) is 0 Å². The Hall–Kier alpha value is -3.01. The van der Waals surface area contributed by atoms with Gasteiger partial charge in [0.1, 0.15) is 6.04 Å². The minimum atomic E-state index is -0.911. The predicted octanol–water partition coefficient (Wildman–Crippen LogP) is 0.926. The SMILES string of the molecule is CNC(=O)[C@H](Cc1ccc([N+](=O)[O-])cc1)NC(=O)[C@@H](CC(=O)NO)CC(C)C. The van der Waals surface area contributed by atoms with Gasteiger partial charge in [0.25, 0.3) is 5.69 Å². The third kappa shape index (κ3) is 7.31. The van der Waals surface area contributed by atoms with Gasteiger partial charge in [-0.05, 0) is 17.9 Å². The number of hydroxylamine groups is 1. The quantitative estimate of drug-likeness (QED) is 0.263. The molecule has 0 aliphatic rings. The van der Waals surface area contributed by atoms with E-state index in [9.17, 15) is 24.5 Å². The van der Waals surface area contributed by atoms with Crippen LogP contribution in [0.15, 0.2) is 24.3 Å². The van der Waals surface area contributed by atoms with E-state index in [0.29, 0.717) is 12.0 Å². The second-order valence-corrected chi connectivity index (χ2v) is 6.87. The molecule has 0 heterocycles. The van der Waals surface area contributed by atoms with E-state index in [1.54, 1.807) is 0 Å². The minimum Gasteiger partial charge on any atom is -0.357 e. The molecule has 1 aromatic carbocycles. The Labute approximate surface area is 162 Å². The Morgan fingerprint density at radius 1 is 1.14 bits per heavy atom. The Morgan fingerprint density at radius 2 is 1.75 bits per heavy atom. The molecule has 0 radical (unpaired) electrons. The molecule has 0 bridgehead atoms. The number of nitro groups is 1. The molecule has 0 fully saturated rings. The van der Waals surface area contributed by atoms with Crippen molar-refractivity contribution in [2.75, 3.05) is 7.05 Å². The first-order chi connectivity index (χ1) is 13.2. The summed E-state index contributed by atoms with van der Waals surface area (Å²) < 4.78 is 0. The topological polar surface area (TPSA) is 151 Å². The first-order valence-corrected chi connectivity index (χ1v) is 8.86. The van der Waals surface area contributed by atoms with E-state index in [1.165, 1.54) is 36.8 Å². The maximum Gasteiger partial charge on any atom is 0.269 e. The Balaban J connectivity index is 2.93. The van der Waals surface area contributed by atoms with Gasteiger partial charge in [0.15, 0.2) is 0 Å². The third-order valence-electron chi connectivity index (χ3n) is 4.15. The number of rotatable bonds is 10. The van der Waals surface area contributed by atoms with Crippen LogP contribution in [0.25, 0.3) is 0 Å². The van der Waals surface area contributed by atoms with E-state index in [-0.39, 0.29) is 24.4 Å². The van der Waals surface area contributed by atoms with Crippen molar-refractivity contribution in [2.24, 2.45) is 11.8 Å². The van der Waals surface area contributed by atoms with Crippen LogP contribution in [0.5, 0.6) is 0 Å². The summed E-state index contributed by atoms with van der Waals surface area (Å²) in [6.45, 7) is 3.79. The van der Waals surface area contributed by atoms with Gasteiger partial charge in [0.05, 0.1) is 4.92 Å². The van der Waals surface area contributed by atoms with Crippen LogP contribution in [0, 0.1) is 22.0 Å². The highest BCUT2D eigenvalue weighted by atomic mass is 16.6. The van der Waals surface area contributed by atoms with E-state index in [1.807, 2.05) is 13.8 Å². The van der Waals surface area contributed by atoms with Gasteiger partial charge in [0.2, 0.25) is 17.7 Å². The predicted molar refractivity (Wildman–Crippen MR) is 100 cm³/mol. The molecule has 2 atom stereocenters. The second-order valence-electron chi connectivity index (χ2n) is 6.87. The van der Waals surface area contributed by atoms with Crippen LogP contribution in [0.1, 0.15) is 32.3 Å². The smallest absolute Gasteiger partial charge is 0.269 e. The van der Waals surface area contributed by atoms with Crippen LogP contribution in [0.4, 0.5) is 5.69 Å². The minimum absolute atomic E-state index is 0.0729. The largest absolute Gasteiger partial charge is 0.357 e. The summed E-state index contributed by atoms with van der Waals surface area (Å²) in [5.74, 6) is -2.19. The molecule has 10 heteroatoms. The number of nitro benzene ring substituents is 1. The molecule has 154 valence electrons. The summed E-state index contributed by atoms with van der Waals surface area (Å²) in [6, 6.07) is 4.78. The van der Waals surface area contributed by atoms with Crippen LogP contribution < -0.4 is 16.1 Å². The van der Waals surface area contributed by atoms with Crippen molar-refractivity contribution in [1.82, 2.24) is 16.1 Å². The maximum absolute atomic E-state index is 12.7. The highest BCUT2D eigenvalue weighted by molar-refractivity contribution is 5.90. The molecule has 4 N–H and O–H groups in total. The van der Waals surface area contributed by atoms with Crippen molar-refractivity contribution >= 4 is 23.4 Å². The number of amides is 3. The average molecular weight is 394 g/mol. The first-order valence-electron chi connectivity index (χ1n) is 8.86. The number of hydrogen-bond acceptors (Lipinski definition) is 6. The molecular formula is C18H26N4O6. The Morgan fingerprint density at radius 3 is 2.21 bits per heavy atom. The van der Waals surface area contributed by atoms with Gasteiger partial charge in [-0.3, -0.25) is 29.7 Å². The second kappa shape index (κ2) is 11.0. The molecule has 1 rings (SSSR count). The van der Waals surface area contributed by atoms with Gasteiger partial charge in [0, 0.05) is 37.9 Å². The van der Waals surface area contributed by atoms with Gasteiger partial charge in [-0.1, -0.05) is 26.0 Å². The molecule has 1 aromatic rings. The summed E-state index contributed by atoms with van der Waals surface area (Å²) >= 11 is 0. The fraction of sp³-hybridized carbons (Fsp3) is 0.500. The van der Waals surface area contributed by atoms with E-state index in [4.69, 9.17) is 5.21 Å². The van der Waals surface area contributed by atoms with Gasteiger partial charge >= 0.3 is 0 Å². The standard InChI is InChI=1S/C18H26N4O6/c1-11(2)8-13(10-16(23)21-26)17(24)20-15(18(25)19-3)9-12-4-6-14(7-5-12)22(27)28/h4-7,11,13,15,26H,8-10H2,1-3H3,(H,19,25)(H,20,24)(H,21,23)/t13-,15+/m1/s1. The molecule has 0 aromatic heterocycles. The van der Waals surface area contributed by atoms with Gasteiger partial charge in [-0.25, -0.2) is 5.48 Å². The normalized spacial score (nSPS) is 12.8. The molecule has 10 nitrogen and oxygen atoms in total. The number of likely N-dealkylation sites (N-methyl/N-ethyl adjacent to an activating group) is 1. The van der Waals surface area contributed by atoms with Crippen molar-refractivity contribution in [1.29, 1.82) is 0 Å². The molecule has 0 aliphatic carbocycles. The monoisotopic (exact) mass is 394 g/mol. The summed E-state index contributed by atoms with van der Waals surface area (Å²) in [5.41, 5.74) is 2.07. The molecule has 0 saturated carbocycles. The van der Waals surface area contributed by atoms with E-state index in [0.717, 1.165) is 0 Å². The van der Waals surface area contributed by atoms with Crippen LogP contribution in [0.3, 0.4) is 0 Å². The number of carbonyl (C=O) groups excluding carboxylic acids is 3. The molecular weight excluding hydrogens is 368 g/mol. The van der Waals surface area contributed by atoms with Crippen LogP contribution in [-0.2, 0) is 20.8 Å². The van der Waals surface area contributed by atoms with Crippen LogP contribution in [-0.4, -0.2) is 40.9 Å². The number of nitrogens with zero attached hydrogens (tertiary/aromatic N) is 1. The lowest BCUT2D eigenvalue weighted by Crippen LogP contribution is -2.49. The molecule has 0 saturated heterocycles. The van der Waals surface area contributed by atoms with Gasteiger partial charge in [-0.2, -0.15) is 0 Å². The number of non-ortho nitro benzene ring substituents is 1. The molecule has 3 amide bonds. The average Bonchev–Trinajstić information content (AvgIpc) is 2.66. The summed E-state index contributed by atoms with van der Waals surface area (Å²) in [5, 5.41) is 24.6. The zero-order valence-electron chi connectivity index (χ0n) is 16.1. The van der Waals surface area contributed by atoms with E-state index < -0.39 is 34.6 Å². The van der Waals surface area contributed by atoms with Crippen molar-refractivity contribution < 1.29 is 24.5 Å². The highest BCUT2D eigenvalue weighted by Gasteiger charge is 2.27. The lowest BCUT2D eigenvalue weighted by molar-refractivity contribution is -0.384. The molecule has 28 heavy (non-hydrogen) atoms. The fourth-order valence-electron chi connectivity index (χ4n) is 2.78. The first kappa shape index (κ1) is 23.0. The number of carbonyl (C=O) groups is 3. The third-order valence-corrected chi connectivity index (χ3v) is 4.15. The highest BCUT2D eigenvalue weighted by Crippen LogP contribution is 2.17. The van der Waals surface area contributed by atoms with Gasteiger partial charge in [-0.15, -0.1) is 0 Å². The number of nitrogens with one attached hydrogen (secondary N) is 3. The van der Waals surface area contributed by atoms with Crippen molar-refractivity contribution in [3.05, 3.63) is 39.9 Å². The summed E-state index contributed by atoms with van der Waals surface area (Å²) in [6.07, 6.45) is 0.319. The van der Waals surface area contributed by atoms with Crippen molar-refractivity contribution in [2.45, 2.75) is 39.2 Å². The van der Waals surface area contributed by atoms with Gasteiger partial charge < -0.3 is 10.6 Å². The number of benzene rings is 1. The lowest BCUT2D eigenvalue weighted by Gasteiger charge is -2.22. The fourth-order valence-corrected chi connectivity index (χ4v) is 2.78. The molecule has 0 spiro atoms. The summed E-state index contributed by atoms with van der Waals surface area (Å²) in [7, 11) is 1.43. The number of hydrogen-bond donors (Lipinski definition) is 4. The van der Waals surface area contributed by atoms with E-state index in [2.05, 4.69) is 10.6 Å². The molecule has 0 aliphatic heterocycles. The lowest BCUT2D eigenvalue weighted by atomic mass is 9.92. The zero-order valence-corrected chi connectivity index (χ0v) is 16.1. The zero-order chi connectivity index (χ0) is 21.3.